The van der Waals surface area contributed by atoms with Gasteiger partial charge in [-0.3, -0.25) is 0 Å². The molecule has 4 nitrogen and oxygen atoms in total. The fraction of sp³-hybridized carbons (Fsp3) is 0.417. The molecule has 7 heteroatoms. The molecule has 1 fully saturated rings. The first-order valence-electron chi connectivity index (χ1n) is 5.82. The number of benzene rings is 1. The highest BCUT2D eigenvalue weighted by Crippen LogP contribution is 2.22. The lowest BCUT2D eigenvalue weighted by molar-refractivity contribution is 0.543. The smallest absolute Gasteiger partial charge is 0.207 e. The number of rotatable bonds is 3. The number of nitriles is 1. The summed E-state index contributed by atoms with van der Waals surface area (Å²) in [6.45, 7) is 0. The fourth-order valence-electron chi connectivity index (χ4n) is 1.87. The summed E-state index contributed by atoms with van der Waals surface area (Å²) in [5, 5.41) is 8.93. The van der Waals surface area contributed by atoms with Gasteiger partial charge < -0.3 is 0 Å². The zero-order chi connectivity index (χ0) is 13.9. The largest absolute Gasteiger partial charge is 0.240 e. The van der Waals surface area contributed by atoms with Crippen molar-refractivity contribution in [2.24, 2.45) is 0 Å². The number of halogens is 1. The lowest BCUT2D eigenvalue weighted by Gasteiger charge is -2.22. The Kier molecular flexibility index (Phi) is 4.74. The topological polar surface area (TPSA) is 70.0 Å². The van der Waals surface area contributed by atoms with E-state index in [0.717, 1.165) is 24.3 Å². The second-order valence-corrected chi connectivity index (χ2v) is 7.56. The van der Waals surface area contributed by atoms with E-state index in [9.17, 15) is 8.42 Å². The first kappa shape index (κ1) is 14.7. The van der Waals surface area contributed by atoms with Crippen LogP contribution in [0, 0.1) is 11.3 Å². The van der Waals surface area contributed by atoms with Gasteiger partial charge in [-0.05, 0) is 36.8 Å². The van der Waals surface area contributed by atoms with Crippen LogP contribution in [-0.4, -0.2) is 26.0 Å². The maximum Gasteiger partial charge on any atom is 0.240 e. The van der Waals surface area contributed by atoms with Gasteiger partial charge in [-0.15, -0.1) is 0 Å². The van der Waals surface area contributed by atoms with Gasteiger partial charge in [0.25, 0.3) is 0 Å². The molecule has 19 heavy (non-hydrogen) atoms. The van der Waals surface area contributed by atoms with Gasteiger partial charge in [0.1, 0.15) is 6.07 Å². The Morgan fingerprint density at radius 3 is 2.84 bits per heavy atom. The monoisotopic (exact) mass is 316 g/mol. The molecule has 0 saturated carbocycles. The van der Waals surface area contributed by atoms with E-state index in [0.29, 0.717) is 0 Å². The lowest BCUT2D eigenvalue weighted by Crippen LogP contribution is -2.38. The molecule has 0 amide bonds. The van der Waals surface area contributed by atoms with Gasteiger partial charge in [0, 0.05) is 11.8 Å². The molecular formula is C12H13ClN2O2S2. The fourth-order valence-corrected chi connectivity index (χ4v) is 4.64. The third-order valence-corrected chi connectivity index (χ3v) is 5.90. The summed E-state index contributed by atoms with van der Waals surface area (Å²) in [5.41, 5.74) is 0.272. The predicted octanol–water partition coefficient (Wildman–Crippen LogP) is 2.39. The lowest BCUT2D eigenvalue weighted by atomic mass is 10.2. The van der Waals surface area contributed by atoms with Gasteiger partial charge in [-0.25, -0.2) is 13.1 Å². The highest BCUT2D eigenvalue weighted by molar-refractivity contribution is 7.99. The van der Waals surface area contributed by atoms with E-state index < -0.39 is 10.0 Å². The molecule has 2 rings (SSSR count). The molecule has 1 aliphatic rings. The van der Waals surface area contributed by atoms with Crippen LogP contribution in [0.15, 0.2) is 23.1 Å². The Morgan fingerprint density at radius 1 is 1.47 bits per heavy atom. The van der Waals surface area contributed by atoms with Gasteiger partial charge in [-0.1, -0.05) is 11.6 Å². The summed E-state index contributed by atoms with van der Waals surface area (Å²) in [4.78, 5) is 0.104. The van der Waals surface area contributed by atoms with E-state index in [1.165, 1.54) is 18.2 Å². The Labute approximate surface area is 122 Å². The molecule has 1 atom stereocenters. The third kappa shape index (κ3) is 3.63. The molecule has 1 heterocycles. The Balaban J connectivity index is 2.19. The minimum atomic E-state index is -3.56. The Morgan fingerprint density at radius 2 is 2.26 bits per heavy atom. The molecule has 1 aliphatic heterocycles. The standard InChI is InChI=1S/C12H13ClN2O2S2/c13-12-6-11(4-3-9(12)7-14)19(16,17)15-10-2-1-5-18-8-10/h3-4,6,10,15H,1-2,5,8H2. The van der Waals surface area contributed by atoms with Gasteiger partial charge >= 0.3 is 0 Å². The van der Waals surface area contributed by atoms with Crippen LogP contribution < -0.4 is 4.72 Å². The highest BCUT2D eigenvalue weighted by atomic mass is 35.5. The number of nitrogens with one attached hydrogen (secondary N) is 1. The average molecular weight is 317 g/mol. The molecule has 102 valence electrons. The maximum atomic E-state index is 12.2. The van der Waals surface area contributed by atoms with E-state index in [4.69, 9.17) is 16.9 Å². The third-order valence-electron chi connectivity index (χ3n) is 2.85. The molecule has 1 saturated heterocycles. The summed E-state index contributed by atoms with van der Waals surface area (Å²) in [6.07, 6.45) is 1.88. The molecule has 1 N–H and O–H groups in total. The van der Waals surface area contributed by atoms with Crippen molar-refractivity contribution in [3.8, 4) is 6.07 Å². The molecular weight excluding hydrogens is 304 g/mol. The Hall–Kier alpha value is -0.740. The first-order chi connectivity index (χ1) is 9.03. The van der Waals surface area contributed by atoms with Crippen LogP contribution in [0.2, 0.25) is 5.02 Å². The highest BCUT2D eigenvalue weighted by Gasteiger charge is 2.22. The summed E-state index contributed by atoms with van der Waals surface area (Å²) in [5.74, 6) is 1.88. The van der Waals surface area contributed by atoms with E-state index in [-0.39, 0.29) is 21.5 Å². The number of hydrogen-bond acceptors (Lipinski definition) is 4. The average Bonchev–Trinajstić information content (AvgIpc) is 2.39. The zero-order valence-corrected chi connectivity index (χ0v) is 12.5. The first-order valence-corrected chi connectivity index (χ1v) is 8.84. The van der Waals surface area contributed by atoms with Crippen LogP contribution in [-0.2, 0) is 10.0 Å². The molecule has 1 aromatic rings. The predicted molar refractivity (Wildman–Crippen MR) is 76.8 cm³/mol. The zero-order valence-electron chi connectivity index (χ0n) is 10.1. The van der Waals surface area contributed by atoms with Gasteiger partial charge in [0.2, 0.25) is 10.0 Å². The molecule has 0 spiro atoms. The van der Waals surface area contributed by atoms with Gasteiger partial charge in [0.05, 0.1) is 15.5 Å². The van der Waals surface area contributed by atoms with Crippen LogP contribution in [0.1, 0.15) is 18.4 Å². The molecule has 0 aliphatic carbocycles. The summed E-state index contributed by atoms with van der Waals surface area (Å²) >= 11 is 7.61. The minimum absolute atomic E-state index is 0.0295. The number of thioether (sulfide) groups is 1. The molecule has 0 aromatic heterocycles. The number of nitrogens with zero attached hydrogens (tertiary/aromatic N) is 1. The Bertz CT molecular complexity index is 605. The van der Waals surface area contributed by atoms with Gasteiger partial charge in [0.15, 0.2) is 0 Å². The van der Waals surface area contributed by atoms with Crippen LogP contribution in [0.3, 0.4) is 0 Å². The van der Waals surface area contributed by atoms with Crippen LogP contribution in [0.4, 0.5) is 0 Å². The summed E-state index contributed by atoms with van der Waals surface area (Å²) < 4.78 is 27.1. The van der Waals surface area contributed by atoms with E-state index >= 15 is 0 Å². The van der Waals surface area contributed by atoms with Crippen molar-refractivity contribution in [3.05, 3.63) is 28.8 Å². The van der Waals surface area contributed by atoms with Crippen molar-refractivity contribution in [2.75, 3.05) is 11.5 Å². The van der Waals surface area contributed by atoms with E-state index in [2.05, 4.69) is 4.72 Å². The molecule has 0 radical (unpaired) electrons. The normalized spacial score (nSPS) is 19.9. The molecule has 1 unspecified atom stereocenters. The molecule has 1 aromatic carbocycles. The van der Waals surface area contributed by atoms with Crippen molar-refractivity contribution in [3.63, 3.8) is 0 Å². The SMILES string of the molecule is N#Cc1ccc(S(=O)(=O)NC2CCCSC2)cc1Cl. The summed E-state index contributed by atoms with van der Waals surface area (Å²) in [7, 11) is -3.56. The van der Waals surface area contributed by atoms with Crippen molar-refractivity contribution in [1.29, 1.82) is 5.26 Å². The van der Waals surface area contributed by atoms with Gasteiger partial charge in [-0.2, -0.15) is 17.0 Å². The van der Waals surface area contributed by atoms with Crippen molar-refractivity contribution in [2.45, 2.75) is 23.8 Å². The van der Waals surface area contributed by atoms with Crippen LogP contribution in [0.25, 0.3) is 0 Å². The second kappa shape index (κ2) is 6.14. The van der Waals surface area contributed by atoms with Crippen molar-refractivity contribution in [1.82, 2.24) is 4.72 Å². The number of sulfonamides is 1. The maximum absolute atomic E-state index is 12.2. The quantitative estimate of drug-likeness (QED) is 0.929. The minimum Gasteiger partial charge on any atom is -0.207 e. The van der Waals surface area contributed by atoms with Crippen molar-refractivity contribution >= 4 is 33.4 Å². The van der Waals surface area contributed by atoms with E-state index in [1.54, 1.807) is 11.8 Å². The van der Waals surface area contributed by atoms with Crippen molar-refractivity contribution < 1.29 is 8.42 Å². The summed E-state index contributed by atoms with van der Waals surface area (Å²) in [6, 6.07) is 6.02. The number of hydrogen-bond donors (Lipinski definition) is 1. The molecule has 0 bridgehead atoms. The van der Waals surface area contributed by atoms with Crippen LogP contribution in [0.5, 0.6) is 0 Å². The second-order valence-electron chi connectivity index (χ2n) is 4.29. The van der Waals surface area contributed by atoms with E-state index in [1.807, 2.05) is 6.07 Å². The van der Waals surface area contributed by atoms with Crippen LogP contribution >= 0.6 is 23.4 Å².